The van der Waals surface area contributed by atoms with Gasteiger partial charge in [-0.1, -0.05) is 19.1 Å². The summed E-state index contributed by atoms with van der Waals surface area (Å²) in [5.41, 5.74) is -0.762. The topological polar surface area (TPSA) is 61.8 Å². The highest BCUT2D eigenvalue weighted by Gasteiger charge is 2.58. The van der Waals surface area contributed by atoms with Crippen molar-refractivity contribution in [1.82, 2.24) is 0 Å². The zero-order valence-electron chi connectivity index (χ0n) is 15.4. The van der Waals surface area contributed by atoms with E-state index in [2.05, 4.69) is 0 Å². The standard InChI is InChI=1S/C21H17F3O5/c1-10-13(11-2-3-16-17(4-11)28-9-27-16)5-12-7-20(10)8-14(19(26)21(22,23)24)15(25)6-18(20)29-12/h2-4,6,8,10,12-13H,5,7,9H2,1H3. The van der Waals surface area contributed by atoms with Crippen LogP contribution in [0.1, 0.15) is 31.2 Å². The summed E-state index contributed by atoms with van der Waals surface area (Å²) < 4.78 is 55.8. The van der Waals surface area contributed by atoms with Gasteiger partial charge in [0.05, 0.1) is 11.0 Å². The average Bonchev–Trinajstić information content (AvgIpc) is 3.24. The summed E-state index contributed by atoms with van der Waals surface area (Å²) in [6.07, 6.45) is -1.95. The Kier molecular flexibility index (Phi) is 3.70. The van der Waals surface area contributed by atoms with Crippen LogP contribution < -0.4 is 9.47 Å². The second-order valence-corrected chi connectivity index (χ2v) is 7.99. The van der Waals surface area contributed by atoms with E-state index in [4.69, 9.17) is 14.2 Å². The van der Waals surface area contributed by atoms with Gasteiger partial charge in [0, 0.05) is 12.5 Å². The molecule has 1 spiro atoms. The number of hydrogen-bond acceptors (Lipinski definition) is 5. The van der Waals surface area contributed by atoms with Crippen molar-refractivity contribution in [3.8, 4) is 11.5 Å². The van der Waals surface area contributed by atoms with Crippen LogP contribution in [0.2, 0.25) is 0 Å². The van der Waals surface area contributed by atoms with Crippen LogP contribution in [0.25, 0.3) is 0 Å². The van der Waals surface area contributed by atoms with E-state index < -0.39 is 28.7 Å². The molecule has 1 saturated carbocycles. The second kappa shape index (κ2) is 5.87. The molecule has 0 amide bonds. The molecule has 0 radical (unpaired) electrons. The minimum Gasteiger partial charge on any atom is -0.494 e. The van der Waals surface area contributed by atoms with Crippen molar-refractivity contribution in [2.45, 2.75) is 38.0 Å². The van der Waals surface area contributed by atoms with E-state index in [-0.39, 0.29) is 24.7 Å². The predicted octanol–water partition coefficient (Wildman–Crippen LogP) is 3.84. The Hall–Kier alpha value is -2.77. The number of benzene rings is 1. The molecule has 2 heterocycles. The fourth-order valence-electron chi connectivity index (χ4n) is 5.05. The van der Waals surface area contributed by atoms with Crippen molar-refractivity contribution in [2.75, 3.05) is 6.79 Å². The number of rotatable bonds is 2. The molecule has 1 saturated heterocycles. The van der Waals surface area contributed by atoms with E-state index in [0.29, 0.717) is 30.1 Å². The lowest BCUT2D eigenvalue weighted by Gasteiger charge is -2.41. The molecule has 4 unspecified atom stereocenters. The molecular formula is C21H17F3O5. The van der Waals surface area contributed by atoms with Gasteiger partial charge < -0.3 is 14.2 Å². The maximum atomic E-state index is 13.0. The van der Waals surface area contributed by atoms with Crippen molar-refractivity contribution in [3.05, 3.63) is 47.2 Å². The number of ketones is 2. The van der Waals surface area contributed by atoms with Gasteiger partial charge in [-0.3, -0.25) is 9.59 Å². The van der Waals surface area contributed by atoms with Crippen molar-refractivity contribution >= 4 is 11.6 Å². The number of carbonyl (C=O) groups excluding carboxylic acids is 2. The predicted molar refractivity (Wildman–Crippen MR) is 93.2 cm³/mol. The third-order valence-electron chi connectivity index (χ3n) is 6.51. The van der Waals surface area contributed by atoms with Gasteiger partial charge in [0.2, 0.25) is 6.79 Å². The fourth-order valence-corrected chi connectivity index (χ4v) is 5.05. The summed E-state index contributed by atoms with van der Waals surface area (Å²) >= 11 is 0. The van der Waals surface area contributed by atoms with Crippen molar-refractivity contribution in [2.24, 2.45) is 11.3 Å². The molecule has 2 bridgehead atoms. The van der Waals surface area contributed by atoms with E-state index in [1.807, 2.05) is 25.1 Å². The molecule has 1 aromatic rings. The van der Waals surface area contributed by atoms with Gasteiger partial charge in [-0.15, -0.1) is 0 Å². The number of carbonyl (C=O) groups is 2. The van der Waals surface area contributed by atoms with Crippen molar-refractivity contribution in [1.29, 1.82) is 0 Å². The molecule has 2 aliphatic carbocycles. The van der Waals surface area contributed by atoms with Crippen molar-refractivity contribution < 1.29 is 37.0 Å². The zero-order valence-corrected chi connectivity index (χ0v) is 15.4. The summed E-state index contributed by atoms with van der Waals surface area (Å²) in [5.74, 6) is -1.64. The average molecular weight is 406 g/mol. The number of ether oxygens (including phenoxy) is 3. The fraction of sp³-hybridized carbons (Fsp3) is 0.429. The molecule has 29 heavy (non-hydrogen) atoms. The van der Waals surface area contributed by atoms with Crippen LogP contribution >= 0.6 is 0 Å². The molecule has 5 nitrogen and oxygen atoms in total. The van der Waals surface area contributed by atoms with Gasteiger partial charge in [-0.05, 0) is 36.0 Å². The molecule has 4 aliphatic rings. The molecule has 2 aliphatic heterocycles. The van der Waals surface area contributed by atoms with Crippen LogP contribution in [0.4, 0.5) is 13.2 Å². The summed E-state index contributed by atoms with van der Waals surface area (Å²) in [6, 6.07) is 5.61. The summed E-state index contributed by atoms with van der Waals surface area (Å²) in [4.78, 5) is 24.1. The van der Waals surface area contributed by atoms with Gasteiger partial charge in [0.15, 0.2) is 17.3 Å². The van der Waals surface area contributed by atoms with Crippen LogP contribution in [-0.2, 0) is 14.3 Å². The van der Waals surface area contributed by atoms with Crippen LogP contribution in [0.3, 0.4) is 0 Å². The summed E-state index contributed by atoms with van der Waals surface area (Å²) in [5, 5.41) is 0. The number of alkyl halides is 3. The second-order valence-electron chi connectivity index (χ2n) is 7.99. The molecule has 0 N–H and O–H groups in total. The SMILES string of the molecule is CC1C(c2ccc3c(c2)OCO3)CC2CC13C=C(C(=O)C(F)(F)F)C(=O)C=C3O2. The van der Waals surface area contributed by atoms with Gasteiger partial charge in [0.1, 0.15) is 11.9 Å². The first-order chi connectivity index (χ1) is 13.7. The van der Waals surface area contributed by atoms with Gasteiger partial charge >= 0.3 is 6.18 Å². The highest BCUT2D eigenvalue weighted by Crippen LogP contribution is 2.61. The molecular weight excluding hydrogens is 389 g/mol. The quantitative estimate of drug-likeness (QED) is 0.699. The Morgan fingerprint density at radius 1 is 1.21 bits per heavy atom. The third-order valence-corrected chi connectivity index (χ3v) is 6.51. The summed E-state index contributed by atoms with van der Waals surface area (Å²) in [7, 11) is 0. The van der Waals surface area contributed by atoms with E-state index >= 15 is 0 Å². The van der Waals surface area contributed by atoms with Gasteiger partial charge in [-0.25, -0.2) is 0 Å². The number of allylic oxidation sites excluding steroid dienone is 3. The first-order valence-corrected chi connectivity index (χ1v) is 9.36. The van der Waals surface area contributed by atoms with Crippen molar-refractivity contribution in [3.63, 3.8) is 0 Å². The number of halogens is 3. The molecule has 1 aromatic carbocycles. The number of Topliss-reactive ketones (excluding diaryl/α,β-unsaturated/α-hetero) is 1. The number of fused-ring (bicyclic) bond motifs is 2. The Bertz CT molecular complexity index is 993. The molecule has 0 aromatic heterocycles. The molecule has 152 valence electrons. The molecule has 5 rings (SSSR count). The highest BCUT2D eigenvalue weighted by molar-refractivity contribution is 6.26. The van der Waals surface area contributed by atoms with E-state index in [1.54, 1.807) is 0 Å². The van der Waals surface area contributed by atoms with E-state index in [9.17, 15) is 22.8 Å². The lowest BCUT2D eigenvalue weighted by Crippen LogP contribution is -2.39. The van der Waals surface area contributed by atoms with E-state index in [1.165, 1.54) is 6.08 Å². The minimum absolute atomic E-state index is 0.0409. The Labute approximate surface area is 164 Å². The smallest absolute Gasteiger partial charge is 0.455 e. The van der Waals surface area contributed by atoms with Gasteiger partial charge in [-0.2, -0.15) is 13.2 Å². The van der Waals surface area contributed by atoms with E-state index in [0.717, 1.165) is 11.6 Å². The van der Waals surface area contributed by atoms with Gasteiger partial charge in [0.25, 0.3) is 5.78 Å². The minimum atomic E-state index is -5.10. The van der Waals surface area contributed by atoms with Crippen LogP contribution in [-0.4, -0.2) is 30.6 Å². The molecule has 8 heteroatoms. The highest BCUT2D eigenvalue weighted by atomic mass is 19.4. The third kappa shape index (κ3) is 2.61. The lowest BCUT2D eigenvalue weighted by atomic mass is 9.59. The molecule has 4 atom stereocenters. The summed E-state index contributed by atoms with van der Waals surface area (Å²) in [6.45, 7) is 2.07. The first kappa shape index (κ1) is 18.3. The molecule has 2 fully saturated rings. The number of hydrogen-bond donors (Lipinski definition) is 0. The first-order valence-electron chi connectivity index (χ1n) is 9.36. The van der Waals surface area contributed by atoms with Crippen LogP contribution in [0, 0.1) is 11.3 Å². The Balaban J connectivity index is 1.56. The van der Waals surface area contributed by atoms with Crippen LogP contribution in [0.5, 0.6) is 11.5 Å². The van der Waals surface area contributed by atoms with Crippen LogP contribution in [0.15, 0.2) is 41.7 Å². The maximum Gasteiger partial charge on any atom is 0.455 e. The monoisotopic (exact) mass is 406 g/mol. The lowest BCUT2D eigenvalue weighted by molar-refractivity contribution is -0.167. The largest absolute Gasteiger partial charge is 0.494 e. The normalized spacial score (nSPS) is 32.3. The Morgan fingerprint density at radius 3 is 2.72 bits per heavy atom. The maximum absolute atomic E-state index is 13.0. The zero-order chi connectivity index (χ0) is 20.6. The Morgan fingerprint density at radius 2 is 1.97 bits per heavy atom.